The number of nitrogens with zero attached hydrogens (tertiary/aromatic N) is 2. The molecule has 4 rings (SSSR count). The summed E-state index contributed by atoms with van der Waals surface area (Å²) in [5.41, 5.74) is 2.62. The lowest BCUT2D eigenvalue weighted by atomic mass is 9.89. The van der Waals surface area contributed by atoms with Gasteiger partial charge in [-0.1, -0.05) is 60.7 Å². The number of benzene rings is 2. The molecule has 1 atom stereocenters. The fraction of sp³-hybridized carbons (Fsp3) is 0.360. The zero-order chi connectivity index (χ0) is 21.1. The van der Waals surface area contributed by atoms with Crippen LogP contribution < -0.4 is 0 Å². The molecule has 0 saturated carbocycles. The van der Waals surface area contributed by atoms with Crippen LogP contribution in [0.25, 0.3) is 0 Å². The van der Waals surface area contributed by atoms with E-state index >= 15 is 0 Å². The van der Waals surface area contributed by atoms with Gasteiger partial charge < -0.3 is 9.15 Å². The van der Waals surface area contributed by atoms with Gasteiger partial charge in [-0.05, 0) is 44.7 Å². The van der Waals surface area contributed by atoms with Crippen molar-refractivity contribution in [3.8, 4) is 0 Å². The summed E-state index contributed by atoms with van der Waals surface area (Å²) in [6.45, 7) is 6.29. The summed E-state index contributed by atoms with van der Waals surface area (Å²) in [6.07, 6.45) is 3.14. The Morgan fingerprint density at radius 3 is 2.23 bits per heavy atom. The van der Waals surface area contributed by atoms with Gasteiger partial charge in [0.2, 0.25) is 5.89 Å². The maximum Gasteiger partial charge on any atom is 0.410 e. The monoisotopic (exact) mass is 404 g/mol. The second-order valence-corrected chi connectivity index (χ2v) is 8.70. The largest absolute Gasteiger partial charge is 0.446 e. The number of carbonyl (C=O) groups excluding carboxylic acids is 1. The fourth-order valence-corrected chi connectivity index (χ4v) is 3.97. The third-order valence-corrected chi connectivity index (χ3v) is 5.27. The van der Waals surface area contributed by atoms with Crippen LogP contribution in [0.1, 0.15) is 68.3 Å². The van der Waals surface area contributed by atoms with Crippen molar-refractivity contribution >= 4 is 6.09 Å². The number of likely N-dealkylation sites (tertiary alicyclic amines) is 1. The van der Waals surface area contributed by atoms with Gasteiger partial charge in [0.25, 0.3) is 0 Å². The van der Waals surface area contributed by atoms with Crippen LogP contribution in [0.2, 0.25) is 0 Å². The molecule has 5 heteroatoms. The van der Waals surface area contributed by atoms with E-state index in [1.165, 1.54) is 0 Å². The second kappa shape index (κ2) is 8.34. The molecule has 1 saturated heterocycles. The number of amides is 1. The van der Waals surface area contributed by atoms with E-state index < -0.39 is 5.60 Å². The van der Waals surface area contributed by atoms with E-state index in [1.807, 2.05) is 57.2 Å². The molecule has 1 aliphatic rings. The minimum absolute atomic E-state index is 0.0266. The van der Waals surface area contributed by atoms with Crippen molar-refractivity contribution in [2.24, 2.45) is 0 Å². The molecule has 1 fully saturated rings. The van der Waals surface area contributed by atoms with E-state index in [0.717, 1.165) is 29.7 Å². The maximum absolute atomic E-state index is 12.7. The Balaban J connectivity index is 1.64. The van der Waals surface area contributed by atoms with E-state index in [2.05, 4.69) is 24.3 Å². The van der Waals surface area contributed by atoms with Crippen molar-refractivity contribution < 1.29 is 13.9 Å². The molecule has 5 nitrogen and oxygen atoms in total. The number of aromatic nitrogens is 1. The first-order chi connectivity index (χ1) is 14.4. The third kappa shape index (κ3) is 4.40. The Morgan fingerprint density at radius 2 is 1.67 bits per heavy atom. The van der Waals surface area contributed by atoms with Crippen LogP contribution in [-0.4, -0.2) is 28.1 Å². The summed E-state index contributed by atoms with van der Waals surface area (Å²) in [4.78, 5) is 19.3. The summed E-state index contributed by atoms with van der Waals surface area (Å²) in [5, 5.41) is 0. The molecule has 1 aromatic heterocycles. The van der Waals surface area contributed by atoms with Gasteiger partial charge >= 0.3 is 6.09 Å². The van der Waals surface area contributed by atoms with E-state index in [1.54, 1.807) is 11.2 Å². The summed E-state index contributed by atoms with van der Waals surface area (Å²) < 4.78 is 11.5. The molecular formula is C25H28N2O3. The summed E-state index contributed by atoms with van der Waals surface area (Å²) in [7, 11) is 0. The number of ether oxygens (including phenoxy) is 1. The zero-order valence-corrected chi connectivity index (χ0v) is 17.7. The van der Waals surface area contributed by atoms with Crippen LogP contribution >= 0.6 is 0 Å². The van der Waals surface area contributed by atoms with Crippen LogP contribution in [0.5, 0.6) is 0 Å². The molecule has 0 bridgehead atoms. The number of carbonyl (C=O) groups is 1. The summed E-state index contributed by atoms with van der Waals surface area (Å²) in [5.74, 6) is 0.548. The molecule has 0 aliphatic carbocycles. The van der Waals surface area contributed by atoms with Crippen LogP contribution in [-0.2, 0) is 4.74 Å². The molecule has 2 heterocycles. The standard InChI is InChI=1S/C25H28N2O3/c1-25(2,3)30-24(28)27-16-10-15-21(27)23-26-20(17-29-23)22(18-11-6-4-7-12-18)19-13-8-5-9-14-19/h4-9,11-14,17,21-22H,10,15-16H2,1-3H3/t21-/m0/s1. The molecular weight excluding hydrogens is 376 g/mol. The number of oxazole rings is 1. The average Bonchev–Trinajstić information content (AvgIpc) is 3.38. The van der Waals surface area contributed by atoms with Gasteiger partial charge in [0, 0.05) is 6.54 Å². The lowest BCUT2D eigenvalue weighted by Gasteiger charge is -2.27. The normalized spacial score (nSPS) is 16.8. The Labute approximate surface area is 177 Å². The van der Waals surface area contributed by atoms with E-state index in [4.69, 9.17) is 14.1 Å². The number of hydrogen-bond acceptors (Lipinski definition) is 4. The molecule has 2 aromatic carbocycles. The molecule has 0 unspecified atom stereocenters. The van der Waals surface area contributed by atoms with Crippen molar-refractivity contribution in [3.63, 3.8) is 0 Å². The van der Waals surface area contributed by atoms with Crippen molar-refractivity contribution in [3.05, 3.63) is 89.6 Å². The maximum atomic E-state index is 12.7. The highest BCUT2D eigenvalue weighted by molar-refractivity contribution is 5.69. The Morgan fingerprint density at radius 1 is 1.07 bits per heavy atom. The van der Waals surface area contributed by atoms with Crippen LogP contribution in [0, 0.1) is 0 Å². The zero-order valence-electron chi connectivity index (χ0n) is 17.7. The minimum atomic E-state index is -0.530. The molecule has 1 amide bonds. The quantitative estimate of drug-likeness (QED) is 0.541. The number of rotatable bonds is 4. The summed E-state index contributed by atoms with van der Waals surface area (Å²) >= 11 is 0. The molecule has 0 radical (unpaired) electrons. The smallest absolute Gasteiger partial charge is 0.410 e. The number of hydrogen-bond donors (Lipinski definition) is 0. The van der Waals surface area contributed by atoms with Crippen LogP contribution in [0.4, 0.5) is 4.79 Å². The highest BCUT2D eigenvalue weighted by Gasteiger charge is 2.36. The van der Waals surface area contributed by atoms with Gasteiger partial charge in [-0.25, -0.2) is 9.78 Å². The predicted molar refractivity (Wildman–Crippen MR) is 115 cm³/mol. The van der Waals surface area contributed by atoms with Crippen molar-refractivity contribution in [2.75, 3.05) is 6.54 Å². The Bertz CT molecular complexity index is 937. The fourth-order valence-electron chi connectivity index (χ4n) is 3.97. The van der Waals surface area contributed by atoms with Crippen LogP contribution in [0.15, 0.2) is 71.3 Å². The SMILES string of the molecule is CC(C)(C)OC(=O)N1CCC[C@H]1c1nc(C(c2ccccc2)c2ccccc2)co1. The molecule has 0 spiro atoms. The summed E-state index contributed by atoms with van der Waals surface area (Å²) in [6, 6.07) is 20.4. The van der Waals surface area contributed by atoms with Gasteiger partial charge in [-0.2, -0.15) is 0 Å². The van der Waals surface area contributed by atoms with Crippen molar-refractivity contribution in [1.82, 2.24) is 9.88 Å². The highest BCUT2D eigenvalue weighted by Crippen LogP contribution is 2.36. The van der Waals surface area contributed by atoms with Crippen molar-refractivity contribution in [1.29, 1.82) is 0 Å². The lowest BCUT2D eigenvalue weighted by Crippen LogP contribution is -2.36. The minimum Gasteiger partial charge on any atom is -0.446 e. The van der Waals surface area contributed by atoms with E-state index in [9.17, 15) is 4.79 Å². The first-order valence-corrected chi connectivity index (χ1v) is 10.5. The Hall–Kier alpha value is -3.08. The molecule has 30 heavy (non-hydrogen) atoms. The van der Waals surface area contributed by atoms with Gasteiger partial charge in [0.05, 0.1) is 11.6 Å². The van der Waals surface area contributed by atoms with Gasteiger partial charge in [0.1, 0.15) is 17.9 Å². The van der Waals surface area contributed by atoms with Crippen LogP contribution in [0.3, 0.4) is 0 Å². The van der Waals surface area contributed by atoms with E-state index in [0.29, 0.717) is 12.4 Å². The van der Waals surface area contributed by atoms with Gasteiger partial charge in [0.15, 0.2) is 0 Å². The topological polar surface area (TPSA) is 55.6 Å². The highest BCUT2D eigenvalue weighted by atomic mass is 16.6. The lowest BCUT2D eigenvalue weighted by molar-refractivity contribution is 0.0204. The second-order valence-electron chi connectivity index (χ2n) is 8.70. The first kappa shape index (κ1) is 20.2. The van der Waals surface area contributed by atoms with Gasteiger partial charge in [-0.15, -0.1) is 0 Å². The molecule has 1 aliphatic heterocycles. The predicted octanol–water partition coefficient (Wildman–Crippen LogP) is 5.93. The first-order valence-electron chi connectivity index (χ1n) is 10.5. The molecule has 156 valence electrons. The Kier molecular flexibility index (Phi) is 5.62. The molecule has 0 N–H and O–H groups in total. The third-order valence-electron chi connectivity index (χ3n) is 5.27. The van der Waals surface area contributed by atoms with Crippen molar-refractivity contribution in [2.45, 2.75) is 51.2 Å². The average molecular weight is 405 g/mol. The van der Waals surface area contributed by atoms with Gasteiger partial charge in [-0.3, -0.25) is 4.90 Å². The molecule has 3 aromatic rings. The van der Waals surface area contributed by atoms with E-state index in [-0.39, 0.29) is 18.1 Å².